The average molecular weight is 602 g/mol. The van der Waals surface area contributed by atoms with Crippen LogP contribution in [0.15, 0.2) is 66.7 Å². The first-order valence-corrected chi connectivity index (χ1v) is 14.2. The zero-order valence-electron chi connectivity index (χ0n) is 24.4. The molecule has 226 valence electrons. The second kappa shape index (κ2) is 11.4. The SMILES string of the molecule is Cc1ccc(COc2cccc(-c3cc(F)c(Cc4nc5ccc(C(=O)O)cc5n4C4COCC4(C)C)cc3F)n2)c(F)c1. The first-order valence-electron chi connectivity index (χ1n) is 14.2. The number of fused-ring (bicyclic) bond motifs is 1. The van der Waals surface area contributed by atoms with Crippen LogP contribution >= 0.6 is 0 Å². The molecule has 0 saturated carbocycles. The van der Waals surface area contributed by atoms with E-state index in [0.29, 0.717) is 35.6 Å². The summed E-state index contributed by atoms with van der Waals surface area (Å²) in [5.74, 6) is -2.20. The minimum atomic E-state index is -1.07. The molecule has 7 nitrogen and oxygen atoms in total. The van der Waals surface area contributed by atoms with Gasteiger partial charge in [0.2, 0.25) is 5.88 Å². The van der Waals surface area contributed by atoms with Gasteiger partial charge in [0.25, 0.3) is 0 Å². The van der Waals surface area contributed by atoms with Crippen molar-refractivity contribution >= 4 is 17.0 Å². The number of aryl methyl sites for hydroxylation is 1. The van der Waals surface area contributed by atoms with Gasteiger partial charge in [-0.05, 0) is 60.5 Å². The van der Waals surface area contributed by atoms with Crippen molar-refractivity contribution in [1.29, 1.82) is 0 Å². The van der Waals surface area contributed by atoms with Crippen molar-refractivity contribution < 1.29 is 32.5 Å². The Labute approximate surface area is 251 Å². The third kappa shape index (κ3) is 5.65. The molecule has 3 heterocycles. The fourth-order valence-corrected chi connectivity index (χ4v) is 5.58. The molecular formula is C34H30F3N3O4. The number of ether oxygens (including phenoxy) is 2. The molecule has 0 radical (unpaired) electrons. The molecule has 0 aliphatic carbocycles. The Kier molecular flexibility index (Phi) is 7.63. The van der Waals surface area contributed by atoms with Crippen molar-refractivity contribution in [3.63, 3.8) is 0 Å². The van der Waals surface area contributed by atoms with Crippen LogP contribution in [0.5, 0.6) is 5.88 Å². The lowest BCUT2D eigenvalue weighted by molar-refractivity contribution is 0.0697. The van der Waals surface area contributed by atoms with Crippen molar-refractivity contribution in [3.8, 4) is 17.1 Å². The number of aromatic carboxylic acids is 1. The number of pyridine rings is 1. The number of hydrogen-bond donors (Lipinski definition) is 1. The Balaban J connectivity index is 1.31. The monoisotopic (exact) mass is 601 g/mol. The fourth-order valence-electron chi connectivity index (χ4n) is 5.58. The maximum Gasteiger partial charge on any atom is 0.335 e. The van der Waals surface area contributed by atoms with Gasteiger partial charge in [-0.25, -0.2) is 27.9 Å². The van der Waals surface area contributed by atoms with Crippen LogP contribution < -0.4 is 4.74 Å². The fraction of sp³-hybridized carbons (Fsp3) is 0.265. The predicted octanol–water partition coefficient (Wildman–Crippen LogP) is 7.29. The van der Waals surface area contributed by atoms with Crippen LogP contribution in [0.2, 0.25) is 0 Å². The van der Waals surface area contributed by atoms with Crippen molar-refractivity contribution in [3.05, 3.63) is 112 Å². The number of carboxylic acids is 1. The van der Waals surface area contributed by atoms with E-state index in [9.17, 15) is 14.3 Å². The summed E-state index contributed by atoms with van der Waals surface area (Å²) >= 11 is 0. The molecule has 1 atom stereocenters. The number of nitrogens with zero attached hydrogens (tertiary/aromatic N) is 3. The normalized spacial score (nSPS) is 16.0. The summed E-state index contributed by atoms with van der Waals surface area (Å²) in [6.45, 7) is 6.66. The van der Waals surface area contributed by atoms with Gasteiger partial charge in [-0.1, -0.05) is 32.0 Å². The number of aromatic nitrogens is 3. The number of carbonyl (C=O) groups is 1. The Hall–Kier alpha value is -4.70. The topological polar surface area (TPSA) is 86.5 Å². The Morgan fingerprint density at radius 3 is 2.52 bits per heavy atom. The standard InChI is InChI=1S/C34H30F3N3O4/c1-19-7-8-21(24(35)11-19)16-44-32-6-4-5-27(39-32)23-15-25(36)22(12-26(23)37)14-31-38-28-10-9-20(33(41)42)13-29(28)40(31)30-17-43-18-34(30,2)3/h4-13,15,30H,14,16-18H2,1-3H3,(H,41,42). The van der Waals surface area contributed by atoms with Gasteiger partial charge in [0.15, 0.2) is 0 Å². The summed E-state index contributed by atoms with van der Waals surface area (Å²) in [6.07, 6.45) is -0.0363. The molecule has 6 rings (SSSR count). The smallest absolute Gasteiger partial charge is 0.335 e. The molecular weight excluding hydrogens is 571 g/mol. The third-order valence-corrected chi connectivity index (χ3v) is 8.04. The zero-order valence-corrected chi connectivity index (χ0v) is 24.4. The molecule has 5 aromatic rings. The van der Waals surface area contributed by atoms with Crippen LogP contribution in [0.1, 0.15) is 52.8 Å². The Morgan fingerprint density at radius 1 is 1.00 bits per heavy atom. The quantitative estimate of drug-likeness (QED) is 0.201. The molecule has 3 aromatic carbocycles. The second-order valence-electron chi connectivity index (χ2n) is 11.8. The largest absolute Gasteiger partial charge is 0.478 e. The van der Waals surface area contributed by atoms with E-state index in [1.165, 1.54) is 12.1 Å². The highest BCUT2D eigenvalue weighted by molar-refractivity contribution is 5.92. The Bertz CT molecular complexity index is 1900. The number of imidazole rings is 1. The van der Waals surface area contributed by atoms with E-state index in [-0.39, 0.29) is 52.7 Å². The van der Waals surface area contributed by atoms with Crippen LogP contribution in [0, 0.1) is 29.8 Å². The van der Waals surface area contributed by atoms with E-state index >= 15 is 8.78 Å². The van der Waals surface area contributed by atoms with E-state index in [2.05, 4.69) is 4.98 Å². The van der Waals surface area contributed by atoms with Crippen LogP contribution in [0.4, 0.5) is 13.2 Å². The lowest BCUT2D eigenvalue weighted by atomic mass is 9.87. The van der Waals surface area contributed by atoms with Gasteiger partial charge in [-0.2, -0.15) is 0 Å². The number of halogens is 3. The molecule has 1 fully saturated rings. The number of hydrogen-bond acceptors (Lipinski definition) is 5. The van der Waals surface area contributed by atoms with E-state index in [4.69, 9.17) is 14.5 Å². The zero-order chi connectivity index (χ0) is 31.2. The lowest BCUT2D eigenvalue weighted by Gasteiger charge is -2.28. The Morgan fingerprint density at radius 2 is 1.80 bits per heavy atom. The molecule has 0 amide bonds. The summed E-state index contributed by atoms with van der Waals surface area (Å²) in [5, 5.41) is 9.58. The van der Waals surface area contributed by atoms with Crippen molar-refractivity contribution in [2.24, 2.45) is 5.41 Å². The third-order valence-electron chi connectivity index (χ3n) is 8.04. The highest BCUT2D eigenvalue weighted by atomic mass is 19.1. The summed E-state index contributed by atoms with van der Waals surface area (Å²) in [6, 6.07) is 16.2. The summed E-state index contributed by atoms with van der Waals surface area (Å²) < 4.78 is 58.7. The number of benzene rings is 3. The predicted molar refractivity (Wildman–Crippen MR) is 158 cm³/mol. The van der Waals surface area contributed by atoms with Gasteiger partial charge < -0.3 is 19.1 Å². The molecule has 10 heteroatoms. The minimum Gasteiger partial charge on any atom is -0.478 e. The van der Waals surface area contributed by atoms with Gasteiger partial charge in [0, 0.05) is 29.0 Å². The van der Waals surface area contributed by atoms with Gasteiger partial charge in [0.05, 0.1) is 41.5 Å². The molecule has 0 spiro atoms. The number of carboxylic acid groups (broad SMARTS) is 1. The van der Waals surface area contributed by atoms with E-state index in [0.717, 1.165) is 17.7 Å². The summed E-state index contributed by atoms with van der Waals surface area (Å²) in [5.41, 5.74) is 2.27. The van der Waals surface area contributed by atoms with E-state index in [1.807, 2.05) is 18.4 Å². The first-order chi connectivity index (χ1) is 21.0. The molecule has 1 aliphatic heterocycles. The molecule has 1 unspecified atom stereocenters. The van der Waals surface area contributed by atoms with Crippen molar-refractivity contribution in [2.45, 2.75) is 39.8 Å². The van der Waals surface area contributed by atoms with E-state index in [1.54, 1.807) is 49.4 Å². The average Bonchev–Trinajstić information content (AvgIpc) is 3.51. The first kappa shape index (κ1) is 29.4. The van der Waals surface area contributed by atoms with Crippen molar-refractivity contribution in [1.82, 2.24) is 14.5 Å². The summed E-state index contributed by atoms with van der Waals surface area (Å²) in [4.78, 5) is 20.7. The van der Waals surface area contributed by atoms with Gasteiger partial charge >= 0.3 is 5.97 Å². The van der Waals surface area contributed by atoms with Gasteiger partial charge in [-0.15, -0.1) is 0 Å². The maximum atomic E-state index is 15.6. The molecule has 44 heavy (non-hydrogen) atoms. The van der Waals surface area contributed by atoms with E-state index < -0.39 is 23.4 Å². The highest BCUT2D eigenvalue weighted by Crippen LogP contribution is 2.40. The second-order valence-corrected chi connectivity index (χ2v) is 11.8. The molecule has 1 N–H and O–H groups in total. The number of rotatable bonds is 8. The lowest BCUT2D eigenvalue weighted by Crippen LogP contribution is -2.27. The molecule has 1 aliphatic rings. The summed E-state index contributed by atoms with van der Waals surface area (Å²) in [7, 11) is 0. The molecule has 1 saturated heterocycles. The van der Waals surface area contributed by atoms with Crippen LogP contribution in [0.3, 0.4) is 0 Å². The van der Waals surface area contributed by atoms with Crippen LogP contribution in [-0.4, -0.2) is 38.8 Å². The highest BCUT2D eigenvalue weighted by Gasteiger charge is 2.39. The van der Waals surface area contributed by atoms with Crippen molar-refractivity contribution in [2.75, 3.05) is 13.2 Å². The molecule has 0 bridgehead atoms. The van der Waals surface area contributed by atoms with Gasteiger partial charge in [0.1, 0.15) is 29.9 Å². The van der Waals surface area contributed by atoms with Crippen LogP contribution in [-0.2, 0) is 17.8 Å². The maximum absolute atomic E-state index is 15.6. The minimum absolute atomic E-state index is 0.0363. The molecule has 2 aromatic heterocycles. The van der Waals surface area contributed by atoms with Crippen LogP contribution in [0.25, 0.3) is 22.3 Å². The van der Waals surface area contributed by atoms with Gasteiger partial charge in [-0.3, -0.25) is 0 Å².